The fourth-order valence-electron chi connectivity index (χ4n) is 1.78. The minimum absolute atomic E-state index is 0.231. The number of benzene rings is 2. The maximum Gasteiger partial charge on any atom is 0.261 e. The van der Waals surface area contributed by atoms with Gasteiger partial charge >= 0.3 is 0 Å². The fraction of sp³-hybridized carbons (Fsp3) is 0.188. The quantitative estimate of drug-likeness (QED) is 0.839. The molecule has 6 heteroatoms. The van der Waals surface area contributed by atoms with Crippen molar-refractivity contribution >= 4 is 40.7 Å². The molecule has 1 N–H and O–H groups in total. The Bertz CT molecular complexity index is 676. The first-order valence-corrected chi connectivity index (χ1v) is 7.73. The second-order valence-corrected chi connectivity index (χ2v) is 5.93. The summed E-state index contributed by atoms with van der Waals surface area (Å²) in [5.41, 5.74) is 0.859. The lowest BCUT2D eigenvalue weighted by Crippen LogP contribution is -2.35. The van der Waals surface area contributed by atoms with E-state index in [1.54, 1.807) is 49.4 Å². The molecule has 1 atom stereocenters. The number of rotatable bonds is 5. The number of carbonyl (C=O) groups is 1. The predicted molar refractivity (Wildman–Crippen MR) is 89.9 cm³/mol. The number of hydrogen-bond donors (Lipinski definition) is 1. The first-order chi connectivity index (χ1) is 10.5. The van der Waals surface area contributed by atoms with Gasteiger partial charge in [0.15, 0.2) is 6.10 Å². The summed E-state index contributed by atoms with van der Waals surface area (Å²) in [4.78, 5) is 12.0. The van der Waals surface area contributed by atoms with Crippen molar-refractivity contribution in [3.8, 4) is 5.75 Å². The normalized spacial score (nSPS) is 11.8. The molecule has 0 unspecified atom stereocenters. The van der Waals surface area contributed by atoms with Crippen LogP contribution in [0.1, 0.15) is 12.5 Å². The van der Waals surface area contributed by atoms with Crippen molar-refractivity contribution in [3.05, 3.63) is 63.1 Å². The molecule has 0 aliphatic carbocycles. The summed E-state index contributed by atoms with van der Waals surface area (Å²) in [5.74, 6) is 0.315. The van der Waals surface area contributed by atoms with Gasteiger partial charge in [-0.25, -0.2) is 0 Å². The van der Waals surface area contributed by atoms with Crippen molar-refractivity contribution in [3.63, 3.8) is 0 Å². The van der Waals surface area contributed by atoms with E-state index in [2.05, 4.69) is 5.32 Å². The molecule has 116 valence electrons. The summed E-state index contributed by atoms with van der Waals surface area (Å²) < 4.78 is 5.54. The number of carbonyl (C=O) groups excluding carboxylic acids is 1. The zero-order valence-corrected chi connectivity index (χ0v) is 14.0. The van der Waals surface area contributed by atoms with Crippen LogP contribution in [-0.4, -0.2) is 12.0 Å². The van der Waals surface area contributed by atoms with Crippen LogP contribution >= 0.6 is 34.8 Å². The van der Waals surface area contributed by atoms with Crippen molar-refractivity contribution in [2.75, 3.05) is 0 Å². The van der Waals surface area contributed by atoms with Crippen LogP contribution in [0.5, 0.6) is 5.75 Å². The van der Waals surface area contributed by atoms with Crippen LogP contribution in [-0.2, 0) is 11.3 Å². The van der Waals surface area contributed by atoms with E-state index in [1.165, 1.54) is 0 Å². The van der Waals surface area contributed by atoms with E-state index < -0.39 is 6.10 Å². The standard InChI is InChI=1S/C16H14Cl3NO2/c1-10(22-13-4-2-3-12(17)8-13)16(21)20-9-11-5-6-14(18)15(19)7-11/h2-8,10H,9H2,1H3,(H,20,21)/t10-/m1/s1. The Morgan fingerprint density at radius 1 is 1.14 bits per heavy atom. The number of nitrogens with one attached hydrogen (secondary N) is 1. The van der Waals surface area contributed by atoms with Gasteiger partial charge < -0.3 is 10.1 Å². The Morgan fingerprint density at radius 2 is 1.91 bits per heavy atom. The topological polar surface area (TPSA) is 38.3 Å². The van der Waals surface area contributed by atoms with Crippen LogP contribution in [0, 0.1) is 0 Å². The highest BCUT2D eigenvalue weighted by atomic mass is 35.5. The van der Waals surface area contributed by atoms with Gasteiger partial charge in [-0.2, -0.15) is 0 Å². The summed E-state index contributed by atoms with van der Waals surface area (Å²) in [6.45, 7) is 2.02. The minimum atomic E-state index is -0.638. The minimum Gasteiger partial charge on any atom is -0.481 e. The Labute approximate surface area is 144 Å². The highest BCUT2D eigenvalue weighted by molar-refractivity contribution is 6.42. The molecule has 0 bridgehead atoms. The Balaban J connectivity index is 1.89. The van der Waals surface area contributed by atoms with Gasteiger partial charge in [0.25, 0.3) is 5.91 Å². The molecule has 0 spiro atoms. The smallest absolute Gasteiger partial charge is 0.261 e. The van der Waals surface area contributed by atoms with Gasteiger partial charge in [0.2, 0.25) is 0 Å². The molecule has 2 aromatic carbocycles. The maximum absolute atomic E-state index is 12.0. The second kappa shape index (κ2) is 7.73. The average Bonchev–Trinajstić information content (AvgIpc) is 2.48. The first kappa shape index (κ1) is 16.9. The fourth-order valence-corrected chi connectivity index (χ4v) is 2.28. The van der Waals surface area contributed by atoms with E-state index in [0.717, 1.165) is 5.56 Å². The van der Waals surface area contributed by atoms with Crippen molar-refractivity contribution in [2.24, 2.45) is 0 Å². The number of hydrogen-bond acceptors (Lipinski definition) is 2. The van der Waals surface area contributed by atoms with E-state index in [4.69, 9.17) is 39.5 Å². The molecule has 3 nitrogen and oxygen atoms in total. The van der Waals surface area contributed by atoms with E-state index in [0.29, 0.717) is 27.4 Å². The summed E-state index contributed by atoms with van der Waals surface area (Å²) in [6.07, 6.45) is -0.638. The van der Waals surface area contributed by atoms with Crippen LogP contribution in [0.2, 0.25) is 15.1 Å². The molecule has 1 amide bonds. The molecule has 0 fully saturated rings. The molecule has 2 aromatic rings. The van der Waals surface area contributed by atoms with Crippen molar-refractivity contribution in [1.82, 2.24) is 5.32 Å². The van der Waals surface area contributed by atoms with Crippen molar-refractivity contribution in [2.45, 2.75) is 19.6 Å². The van der Waals surface area contributed by atoms with Crippen molar-refractivity contribution in [1.29, 1.82) is 0 Å². The monoisotopic (exact) mass is 357 g/mol. The van der Waals surface area contributed by atoms with Gasteiger partial charge in [0.1, 0.15) is 5.75 Å². The van der Waals surface area contributed by atoms with Gasteiger partial charge in [-0.3, -0.25) is 4.79 Å². The zero-order valence-electron chi connectivity index (χ0n) is 11.8. The Kier molecular flexibility index (Phi) is 5.95. The van der Waals surface area contributed by atoms with Crippen LogP contribution in [0.4, 0.5) is 0 Å². The number of amides is 1. The molecular weight excluding hydrogens is 345 g/mol. The van der Waals surface area contributed by atoms with Crippen LogP contribution in [0.25, 0.3) is 0 Å². The molecule has 0 saturated heterocycles. The Hall–Kier alpha value is -1.42. The summed E-state index contributed by atoms with van der Waals surface area (Å²) >= 11 is 17.7. The van der Waals surface area contributed by atoms with E-state index in [-0.39, 0.29) is 5.91 Å². The average molecular weight is 359 g/mol. The summed E-state index contributed by atoms with van der Waals surface area (Å²) in [5, 5.41) is 4.27. The number of halogens is 3. The van der Waals surface area contributed by atoms with E-state index >= 15 is 0 Å². The Morgan fingerprint density at radius 3 is 2.59 bits per heavy atom. The van der Waals surface area contributed by atoms with Gasteiger partial charge in [-0.1, -0.05) is 46.9 Å². The molecule has 0 heterocycles. The third-order valence-corrected chi connectivity index (χ3v) is 3.90. The van der Waals surface area contributed by atoms with Gasteiger partial charge in [0, 0.05) is 11.6 Å². The van der Waals surface area contributed by atoms with Crippen LogP contribution in [0.3, 0.4) is 0 Å². The van der Waals surface area contributed by atoms with Gasteiger partial charge in [-0.05, 0) is 42.8 Å². The van der Waals surface area contributed by atoms with E-state index in [9.17, 15) is 4.79 Å². The lowest BCUT2D eigenvalue weighted by molar-refractivity contribution is -0.127. The summed E-state index contributed by atoms with van der Waals surface area (Å²) in [7, 11) is 0. The molecule has 22 heavy (non-hydrogen) atoms. The second-order valence-electron chi connectivity index (χ2n) is 4.68. The molecule has 0 aliphatic heterocycles. The summed E-state index contributed by atoms with van der Waals surface area (Å²) in [6, 6.07) is 12.1. The maximum atomic E-state index is 12.0. The first-order valence-electron chi connectivity index (χ1n) is 6.59. The van der Waals surface area contributed by atoms with Crippen LogP contribution < -0.4 is 10.1 Å². The molecular formula is C16H14Cl3NO2. The van der Waals surface area contributed by atoms with E-state index in [1.807, 2.05) is 0 Å². The number of ether oxygens (including phenoxy) is 1. The highest BCUT2D eigenvalue weighted by Crippen LogP contribution is 2.22. The SMILES string of the molecule is C[C@@H](Oc1cccc(Cl)c1)C(=O)NCc1ccc(Cl)c(Cl)c1. The molecule has 0 radical (unpaired) electrons. The lowest BCUT2D eigenvalue weighted by atomic mass is 10.2. The molecule has 0 aromatic heterocycles. The highest BCUT2D eigenvalue weighted by Gasteiger charge is 2.14. The lowest BCUT2D eigenvalue weighted by Gasteiger charge is -2.15. The van der Waals surface area contributed by atoms with Crippen LogP contribution in [0.15, 0.2) is 42.5 Å². The predicted octanol–water partition coefficient (Wildman–Crippen LogP) is 4.73. The molecule has 0 saturated carbocycles. The molecule has 2 rings (SSSR count). The third kappa shape index (κ3) is 4.80. The largest absolute Gasteiger partial charge is 0.481 e. The molecule has 0 aliphatic rings. The zero-order chi connectivity index (χ0) is 16.1. The van der Waals surface area contributed by atoms with Gasteiger partial charge in [-0.15, -0.1) is 0 Å². The van der Waals surface area contributed by atoms with Gasteiger partial charge in [0.05, 0.1) is 10.0 Å². The van der Waals surface area contributed by atoms with Crippen molar-refractivity contribution < 1.29 is 9.53 Å². The third-order valence-electron chi connectivity index (χ3n) is 2.93.